The molecule has 0 heterocycles. The lowest BCUT2D eigenvalue weighted by molar-refractivity contribution is -0.116. The molecule has 0 atom stereocenters. The van der Waals surface area contributed by atoms with Gasteiger partial charge in [0.1, 0.15) is 4.90 Å². The second kappa shape index (κ2) is 8.53. The van der Waals surface area contributed by atoms with E-state index in [0.29, 0.717) is 5.69 Å². The largest absolute Gasteiger partial charge is 0.326 e. The van der Waals surface area contributed by atoms with Gasteiger partial charge in [-0.2, -0.15) is 0 Å². The van der Waals surface area contributed by atoms with Crippen LogP contribution in [0.1, 0.15) is 6.42 Å². The Balaban J connectivity index is 1.86. The van der Waals surface area contributed by atoms with E-state index in [4.69, 9.17) is 11.6 Å². The van der Waals surface area contributed by atoms with Crippen LogP contribution in [-0.2, 0) is 14.8 Å². The number of rotatable bonds is 7. The molecule has 128 valence electrons. The molecular weight excluding hydrogens is 368 g/mol. The smallest absolute Gasteiger partial charge is 0.242 e. The van der Waals surface area contributed by atoms with Crippen LogP contribution < -0.4 is 10.0 Å². The third-order valence-electron chi connectivity index (χ3n) is 3.14. The van der Waals surface area contributed by atoms with Crippen molar-refractivity contribution >= 4 is 45.0 Å². The molecule has 0 saturated carbocycles. The summed E-state index contributed by atoms with van der Waals surface area (Å²) < 4.78 is 26.6. The number of anilines is 1. The van der Waals surface area contributed by atoms with E-state index in [1.165, 1.54) is 12.1 Å². The summed E-state index contributed by atoms with van der Waals surface area (Å²) in [5.74, 6) is -0.270. The van der Waals surface area contributed by atoms with Gasteiger partial charge in [-0.3, -0.25) is 4.79 Å². The topological polar surface area (TPSA) is 75.3 Å². The number of nitrogens with one attached hydrogen (secondary N) is 2. The zero-order valence-electron chi connectivity index (χ0n) is 13.0. The quantitative estimate of drug-likeness (QED) is 0.717. The van der Waals surface area contributed by atoms with Crippen LogP contribution >= 0.6 is 23.4 Å². The van der Waals surface area contributed by atoms with Crippen LogP contribution in [0, 0.1) is 0 Å². The number of carbonyl (C=O) groups excluding carboxylic acids is 1. The number of hydrogen-bond donors (Lipinski definition) is 2. The predicted octanol–water partition coefficient (Wildman–Crippen LogP) is 3.37. The van der Waals surface area contributed by atoms with Crippen molar-refractivity contribution in [3.8, 4) is 0 Å². The maximum atomic E-state index is 12.1. The van der Waals surface area contributed by atoms with Crippen molar-refractivity contribution in [3.63, 3.8) is 0 Å². The molecular formula is C16H17ClN2O3S2. The van der Waals surface area contributed by atoms with Crippen LogP contribution in [0.15, 0.2) is 58.3 Å². The van der Waals surface area contributed by atoms with Gasteiger partial charge in [-0.15, -0.1) is 11.8 Å². The van der Waals surface area contributed by atoms with E-state index in [9.17, 15) is 13.2 Å². The number of sulfonamides is 1. The maximum Gasteiger partial charge on any atom is 0.242 e. The van der Waals surface area contributed by atoms with Crippen LogP contribution in [0.4, 0.5) is 5.69 Å². The van der Waals surface area contributed by atoms with Gasteiger partial charge in [-0.25, -0.2) is 13.1 Å². The van der Waals surface area contributed by atoms with Gasteiger partial charge >= 0.3 is 0 Å². The summed E-state index contributed by atoms with van der Waals surface area (Å²) in [5, 5.41) is 2.86. The van der Waals surface area contributed by atoms with Gasteiger partial charge < -0.3 is 5.32 Å². The number of carbonyl (C=O) groups is 1. The third-order valence-corrected chi connectivity index (χ3v) is 5.85. The summed E-state index contributed by atoms with van der Waals surface area (Å²) in [7, 11) is -3.73. The van der Waals surface area contributed by atoms with Crippen LogP contribution in [0.5, 0.6) is 0 Å². The van der Waals surface area contributed by atoms with E-state index >= 15 is 0 Å². The van der Waals surface area contributed by atoms with E-state index in [0.717, 1.165) is 4.90 Å². The first kappa shape index (κ1) is 18.8. The lowest BCUT2D eigenvalue weighted by Gasteiger charge is -2.09. The normalized spacial score (nSPS) is 11.2. The van der Waals surface area contributed by atoms with Crippen molar-refractivity contribution in [2.45, 2.75) is 16.2 Å². The number of halogens is 1. The average molecular weight is 385 g/mol. The fraction of sp³-hybridized carbons (Fsp3) is 0.188. The van der Waals surface area contributed by atoms with Gasteiger partial charge in [0.05, 0.1) is 5.02 Å². The summed E-state index contributed by atoms with van der Waals surface area (Å²) in [6, 6.07) is 13.6. The van der Waals surface area contributed by atoms with Crippen LogP contribution in [0.25, 0.3) is 0 Å². The molecule has 0 aromatic heterocycles. The highest BCUT2D eigenvalue weighted by atomic mass is 35.5. The summed E-state index contributed by atoms with van der Waals surface area (Å²) in [6.07, 6.45) is 1.99. The van der Waals surface area contributed by atoms with Crippen LogP contribution in [0.2, 0.25) is 5.02 Å². The minimum absolute atomic E-state index is 0.000251. The highest BCUT2D eigenvalue weighted by Crippen LogP contribution is 2.20. The molecule has 2 N–H and O–H groups in total. The molecule has 24 heavy (non-hydrogen) atoms. The van der Waals surface area contributed by atoms with E-state index in [2.05, 4.69) is 10.0 Å². The minimum atomic E-state index is -3.73. The van der Waals surface area contributed by atoms with E-state index in [1.54, 1.807) is 36.0 Å². The van der Waals surface area contributed by atoms with Gasteiger partial charge in [0.2, 0.25) is 15.9 Å². The van der Waals surface area contributed by atoms with Crippen molar-refractivity contribution in [2.75, 3.05) is 18.1 Å². The Bertz CT molecular complexity index is 808. The zero-order chi connectivity index (χ0) is 17.6. The number of thioether (sulfide) groups is 1. The Morgan fingerprint density at radius 1 is 1.12 bits per heavy atom. The fourth-order valence-corrected chi connectivity index (χ4v) is 3.89. The number of benzene rings is 2. The highest BCUT2D eigenvalue weighted by molar-refractivity contribution is 7.98. The molecule has 0 unspecified atom stereocenters. The standard InChI is InChI=1S/C16H17ClN2O3S2/c1-23-13-8-6-12(7-9-13)19-16(20)10-11-18-24(21,22)15-5-3-2-4-14(15)17/h2-9,18H,10-11H2,1H3,(H,19,20). The zero-order valence-corrected chi connectivity index (χ0v) is 15.3. The summed E-state index contributed by atoms with van der Waals surface area (Å²) in [4.78, 5) is 13.0. The first-order valence-corrected chi connectivity index (χ1v) is 10.2. The first-order chi connectivity index (χ1) is 11.4. The molecule has 0 fully saturated rings. The molecule has 5 nitrogen and oxygen atoms in total. The molecule has 8 heteroatoms. The van der Waals surface area contributed by atoms with E-state index in [1.807, 2.05) is 18.4 Å². The molecule has 0 aliphatic rings. The average Bonchev–Trinajstić information content (AvgIpc) is 2.55. The molecule has 0 radical (unpaired) electrons. The minimum Gasteiger partial charge on any atom is -0.326 e. The lowest BCUT2D eigenvalue weighted by Crippen LogP contribution is -2.28. The van der Waals surface area contributed by atoms with Crippen molar-refractivity contribution in [1.82, 2.24) is 4.72 Å². The van der Waals surface area contributed by atoms with Gasteiger partial charge in [0, 0.05) is 23.5 Å². The van der Waals surface area contributed by atoms with Gasteiger partial charge in [-0.1, -0.05) is 23.7 Å². The summed E-state index contributed by atoms with van der Waals surface area (Å²) >= 11 is 7.49. The monoisotopic (exact) mass is 384 g/mol. The maximum absolute atomic E-state index is 12.1. The molecule has 0 spiro atoms. The van der Waals surface area contributed by atoms with E-state index < -0.39 is 10.0 Å². The Labute approximate surface area is 150 Å². The second-order valence-electron chi connectivity index (χ2n) is 4.85. The van der Waals surface area contributed by atoms with Crippen LogP contribution in [-0.4, -0.2) is 27.1 Å². The Morgan fingerprint density at radius 2 is 1.79 bits per heavy atom. The first-order valence-electron chi connectivity index (χ1n) is 7.10. The van der Waals surface area contributed by atoms with Gasteiger partial charge in [0.25, 0.3) is 0 Å². The van der Waals surface area contributed by atoms with E-state index in [-0.39, 0.29) is 28.8 Å². The van der Waals surface area contributed by atoms with Gasteiger partial charge in [0.15, 0.2) is 0 Å². The SMILES string of the molecule is CSc1ccc(NC(=O)CCNS(=O)(=O)c2ccccc2Cl)cc1. The Kier molecular flexibility index (Phi) is 6.68. The molecule has 1 amide bonds. The van der Waals surface area contributed by atoms with Crippen molar-refractivity contribution in [1.29, 1.82) is 0 Å². The highest BCUT2D eigenvalue weighted by Gasteiger charge is 2.17. The molecule has 0 saturated heterocycles. The second-order valence-corrected chi connectivity index (χ2v) is 7.88. The molecule has 2 aromatic rings. The molecule has 0 bridgehead atoms. The van der Waals surface area contributed by atoms with Crippen molar-refractivity contribution < 1.29 is 13.2 Å². The van der Waals surface area contributed by atoms with Crippen LogP contribution in [0.3, 0.4) is 0 Å². The predicted molar refractivity (Wildman–Crippen MR) is 98.1 cm³/mol. The summed E-state index contributed by atoms with van der Waals surface area (Å²) in [5.41, 5.74) is 0.673. The Hall–Kier alpha value is -1.54. The number of hydrogen-bond acceptors (Lipinski definition) is 4. The Morgan fingerprint density at radius 3 is 2.42 bits per heavy atom. The van der Waals surface area contributed by atoms with Gasteiger partial charge in [-0.05, 0) is 42.7 Å². The molecule has 0 aliphatic heterocycles. The lowest BCUT2D eigenvalue weighted by atomic mass is 10.3. The van der Waals surface area contributed by atoms with Crippen molar-refractivity contribution in [3.05, 3.63) is 53.6 Å². The third kappa shape index (κ3) is 5.24. The molecule has 2 rings (SSSR count). The summed E-state index contributed by atoms with van der Waals surface area (Å²) in [6.45, 7) is -0.0116. The molecule has 2 aromatic carbocycles. The number of amides is 1. The molecule has 0 aliphatic carbocycles. The van der Waals surface area contributed by atoms with Crippen molar-refractivity contribution in [2.24, 2.45) is 0 Å². The fourth-order valence-electron chi connectivity index (χ4n) is 1.94.